The van der Waals surface area contributed by atoms with Gasteiger partial charge in [0.25, 0.3) is 0 Å². The van der Waals surface area contributed by atoms with Crippen LogP contribution in [0.2, 0.25) is 0 Å². The van der Waals surface area contributed by atoms with E-state index in [-0.39, 0.29) is 24.9 Å². The van der Waals surface area contributed by atoms with Crippen LogP contribution in [0.25, 0.3) is 22.6 Å². The van der Waals surface area contributed by atoms with E-state index in [1.165, 1.54) is 12.1 Å². The normalized spacial score (nSPS) is 18.4. The summed E-state index contributed by atoms with van der Waals surface area (Å²) in [6.07, 6.45) is 4.13. The van der Waals surface area contributed by atoms with Gasteiger partial charge in [0.05, 0.1) is 47.6 Å². The van der Waals surface area contributed by atoms with Crippen molar-refractivity contribution in [2.45, 2.75) is 19.8 Å². The fourth-order valence-corrected chi connectivity index (χ4v) is 4.52. The van der Waals surface area contributed by atoms with E-state index in [0.717, 1.165) is 11.3 Å². The Labute approximate surface area is 241 Å². The molecule has 212 valence electrons. The van der Waals surface area contributed by atoms with E-state index in [4.69, 9.17) is 14.5 Å². The van der Waals surface area contributed by atoms with Gasteiger partial charge in [-0.15, -0.1) is 0 Å². The van der Waals surface area contributed by atoms with Crippen molar-refractivity contribution in [3.8, 4) is 22.6 Å². The number of halogens is 1. The maximum Gasteiger partial charge on any atom is 0.230 e. The molecule has 1 amide bonds. The molecule has 0 bridgehead atoms. The van der Waals surface area contributed by atoms with Crippen LogP contribution in [0.15, 0.2) is 91.4 Å². The quantitative estimate of drug-likeness (QED) is 0.235. The van der Waals surface area contributed by atoms with Crippen LogP contribution in [0.3, 0.4) is 0 Å². The van der Waals surface area contributed by atoms with Crippen LogP contribution in [0.1, 0.15) is 24.6 Å². The van der Waals surface area contributed by atoms with Gasteiger partial charge in [-0.2, -0.15) is 0 Å². The second kappa shape index (κ2) is 11.9. The lowest BCUT2D eigenvalue weighted by molar-refractivity contribution is -0.231. The van der Waals surface area contributed by atoms with E-state index in [9.17, 15) is 9.18 Å². The van der Waals surface area contributed by atoms with Gasteiger partial charge in [0, 0.05) is 24.5 Å². The number of nitrogens with zero attached hydrogens (tertiary/aromatic N) is 4. The molecule has 1 saturated heterocycles. The van der Waals surface area contributed by atoms with Crippen molar-refractivity contribution in [1.82, 2.24) is 30.2 Å². The number of aromatic amines is 1. The number of carbonyl (C=O) groups is 1. The molecule has 1 aliphatic rings. The van der Waals surface area contributed by atoms with Crippen molar-refractivity contribution in [2.75, 3.05) is 18.5 Å². The van der Waals surface area contributed by atoms with Gasteiger partial charge in [0.15, 0.2) is 5.82 Å². The molecule has 3 N–H and O–H groups in total. The van der Waals surface area contributed by atoms with Gasteiger partial charge in [-0.3, -0.25) is 9.78 Å². The molecule has 0 radical (unpaired) electrons. The highest BCUT2D eigenvalue weighted by atomic mass is 19.1. The average molecular weight is 566 g/mol. The second-order valence-corrected chi connectivity index (χ2v) is 10.2. The maximum absolute atomic E-state index is 13.7. The van der Waals surface area contributed by atoms with Gasteiger partial charge in [-0.25, -0.2) is 19.3 Å². The standard InChI is InChI=1S/C31H28FN7O3/c1-31(29(40)35-16-20-6-3-2-4-7-20)18-41-28(42-19-31)27-38-25(21-9-11-22(32)12-10-21)26(39-27)24-13-15-34-30(37-24)36-23-8-5-14-33-17-23/h2-15,17,28H,16,18-19H2,1H3,(H,35,40)(H,38,39)(H,34,36,37). The predicted octanol–water partition coefficient (Wildman–Crippen LogP) is 5.18. The number of rotatable bonds is 8. The molecule has 0 spiro atoms. The first-order chi connectivity index (χ1) is 20.5. The molecular weight excluding hydrogens is 537 g/mol. The average Bonchev–Trinajstić information content (AvgIpc) is 3.47. The minimum atomic E-state index is -0.875. The Morgan fingerprint density at radius 2 is 1.79 bits per heavy atom. The third-order valence-corrected chi connectivity index (χ3v) is 6.84. The van der Waals surface area contributed by atoms with Crippen LogP contribution < -0.4 is 10.6 Å². The topological polar surface area (TPSA) is 127 Å². The summed E-state index contributed by atoms with van der Waals surface area (Å²) < 4.78 is 25.8. The van der Waals surface area contributed by atoms with Crippen molar-refractivity contribution >= 4 is 17.5 Å². The number of imidazole rings is 1. The molecule has 4 heterocycles. The highest BCUT2D eigenvalue weighted by Crippen LogP contribution is 2.35. The van der Waals surface area contributed by atoms with Gasteiger partial charge in [0.1, 0.15) is 5.82 Å². The number of anilines is 2. The van der Waals surface area contributed by atoms with Gasteiger partial charge in [-0.05, 0) is 55.0 Å². The first-order valence-corrected chi connectivity index (χ1v) is 13.4. The van der Waals surface area contributed by atoms with Crippen LogP contribution >= 0.6 is 0 Å². The molecule has 42 heavy (non-hydrogen) atoms. The molecule has 0 unspecified atom stereocenters. The van der Waals surface area contributed by atoms with E-state index in [1.54, 1.807) is 43.7 Å². The number of ether oxygens (including phenoxy) is 2. The molecule has 6 rings (SSSR count). The number of nitrogens with one attached hydrogen (secondary N) is 3. The third-order valence-electron chi connectivity index (χ3n) is 6.84. The van der Waals surface area contributed by atoms with E-state index in [0.29, 0.717) is 41.0 Å². The van der Waals surface area contributed by atoms with Crippen LogP contribution in [0, 0.1) is 11.2 Å². The number of carbonyl (C=O) groups excluding carboxylic acids is 1. The summed E-state index contributed by atoms with van der Waals surface area (Å²) in [4.78, 5) is 34.2. The number of pyridine rings is 1. The Balaban J connectivity index is 1.23. The molecule has 1 aliphatic heterocycles. The highest BCUT2D eigenvalue weighted by Gasteiger charge is 2.40. The molecule has 11 heteroatoms. The van der Waals surface area contributed by atoms with Crippen LogP contribution in [-0.4, -0.2) is 44.0 Å². The predicted molar refractivity (Wildman–Crippen MR) is 154 cm³/mol. The Hall–Kier alpha value is -5.00. The summed E-state index contributed by atoms with van der Waals surface area (Å²) >= 11 is 0. The van der Waals surface area contributed by atoms with E-state index in [1.807, 2.05) is 42.5 Å². The van der Waals surface area contributed by atoms with E-state index in [2.05, 4.69) is 30.6 Å². The van der Waals surface area contributed by atoms with Crippen LogP contribution in [-0.2, 0) is 20.8 Å². The molecule has 1 fully saturated rings. The second-order valence-electron chi connectivity index (χ2n) is 10.2. The third kappa shape index (κ3) is 6.02. The summed E-state index contributed by atoms with van der Waals surface area (Å²) in [6.45, 7) is 2.48. The molecule has 2 aromatic carbocycles. The maximum atomic E-state index is 13.7. The van der Waals surface area contributed by atoms with Crippen LogP contribution in [0.5, 0.6) is 0 Å². The minimum Gasteiger partial charge on any atom is -0.351 e. The summed E-state index contributed by atoms with van der Waals surface area (Å²) in [5.41, 5.74) is 3.21. The lowest BCUT2D eigenvalue weighted by Gasteiger charge is -2.35. The minimum absolute atomic E-state index is 0.132. The summed E-state index contributed by atoms with van der Waals surface area (Å²) in [6, 6.07) is 21.1. The van der Waals surface area contributed by atoms with Crippen LogP contribution in [0.4, 0.5) is 16.0 Å². The van der Waals surface area contributed by atoms with Crippen molar-refractivity contribution < 1.29 is 18.7 Å². The Morgan fingerprint density at radius 3 is 2.52 bits per heavy atom. The van der Waals surface area contributed by atoms with Crippen molar-refractivity contribution in [3.05, 3.63) is 109 Å². The zero-order valence-electron chi connectivity index (χ0n) is 22.8. The largest absolute Gasteiger partial charge is 0.351 e. The number of hydrogen-bond acceptors (Lipinski definition) is 8. The number of aromatic nitrogens is 5. The zero-order valence-corrected chi connectivity index (χ0v) is 22.8. The van der Waals surface area contributed by atoms with E-state index >= 15 is 0 Å². The van der Waals surface area contributed by atoms with Crippen molar-refractivity contribution in [1.29, 1.82) is 0 Å². The number of H-pyrrole nitrogens is 1. The Bertz CT molecular complexity index is 1660. The molecule has 0 saturated carbocycles. The molecule has 5 aromatic rings. The first kappa shape index (κ1) is 27.2. The molecule has 0 aliphatic carbocycles. The smallest absolute Gasteiger partial charge is 0.230 e. The van der Waals surface area contributed by atoms with Crippen molar-refractivity contribution in [3.63, 3.8) is 0 Å². The van der Waals surface area contributed by atoms with Gasteiger partial charge in [-0.1, -0.05) is 30.3 Å². The van der Waals surface area contributed by atoms with Gasteiger partial charge >= 0.3 is 0 Å². The Kier molecular flexibility index (Phi) is 7.67. The fourth-order valence-electron chi connectivity index (χ4n) is 4.52. The molecule has 3 aromatic heterocycles. The fraction of sp³-hybridized carbons (Fsp3) is 0.194. The highest BCUT2D eigenvalue weighted by molar-refractivity contribution is 5.82. The lowest BCUT2D eigenvalue weighted by Crippen LogP contribution is -2.48. The summed E-state index contributed by atoms with van der Waals surface area (Å²) in [5, 5.41) is 6.11. The molecule has 10 nitrogen and oxygen atoms in total. The number of benzene rings is 2. The van der Waals surface area contributed by atoms with Crippen molar-refractivity contribution in [2.24, 2.45) is 5.41 Å². The molecular formula is C31H28FN7O3. The zero-order chi connectivity index (χ0) is 28.9. The SMILES string of the molecule is CC1(C(=O)NCc2ccccc2)COC(c2nc(-c3ccc(F)cc3)c(-c3ccnc(Nc4cccnc4)n3)[nH]2)OC1. The Morgan fingerprint density at radius 1 is 1.00 bits per heavy atom. The monoisotopic (exact) mass is 565 g/mol. The number of amides is 1. The van der Waals surface area contributed by atoms with Gasteiger partial charge < -0.3 is 25.1 Å². The first-order valence-electron chi connectivity index (χ1n) is 13.4. The molecule has 0 atom stereocenters. The lowest BCUT2D eigenvalue weighted by atomic mass is 9.91. The summed E-state index contributed by atoms with van der Waals surface area (Å²) in [5.74, 6) is 0.247. The van der Waals surface area contributed by atoms with E-state index < -0.39 is 11.7 Å². The van der Waals surface area contributed by atoms with Gasteiger partial charge in [0.2, 0.25) is 18.1 Å². The number of hydrogen-bond donors (Lipinski definition) is 3. The summed E-state index contributed by atoms with van der Waals surface area (Å²) in [7, 11) is 0.